The third kappa shape index (κ3) is 2.78. The Morgan fingerprint density at radius 1 is 1.24 bits per heavy atom. The van der Waals surface area contributed by atoms with Crippen molar-refractivity contribution in [3.63, 3.8) is 0 Å². The third-order valence-electron chi connectivity index (χ3n) is 4.98. The molecular formula is C17H26N2OS. The summed E-state index contributed by atoms with van der Waals surface area (Å²) in [5.74, 6) is 0.560. The molecule has 1 N–H and O–H groups in total. The Morgan fingerprint density at radius 3 is 2.62 bits per heavy atom. The average Bonchev–Trinajstić information content (AvgIpc) is 2.88. The summed E-state index contributed by atoms with van der Waals surface area (Å²) in [6, 6.07) is 0.759. The highest BCUT2D eigenvalue weighted by Crippen LogP contribution is 2.46. The van der Waals surface area contributed by atoms with E-state index < -0.39 is 0 Å². The second-order valence-corrected chi connectivity index (χ2v) is 9.06. The van der Waals surface area contributed by atoms with E-state index in [-0.39, 0.29) is 5.41 Å². The van der Waals surface area contributed by atoms with Gasteiger partial charge in [0, 0.05) is 28.8 Å². The van der Waals surface area contributed by atoms with Gasteiger partial charge in [0.2, 0.25) is 0 Å². The van der Waals surface area contributed by atoms with Crippen LogP contribution in [0.4, 0.5) is 0 Å². The number of rotatable bonds is 4. The van der Waals surface area contributed by atoms with Gasteiger partial charge in [0.15, 0.2) is 0 Å². The minimum Gasteiger partial charge on any atom is -0.374 e. The van der Waals surface area contributed by atoms with Gasteiger partial charge in [-0.3, -0.25) is 0 Å². The molecule has 3 atom stereocenters. The SMILES string of the molecule is CC(C)(C)c1nc(C2CC3CCC2O3)sc1CNC1CC1. The second kappa shape index (κ2) is 5.04. The zero-order chi connectivity index (χ0) is 14.6. The van der Waals surface area contributed by atoms with Gasteiger partial charge in [0.05, 0.1) is 22.9 Å². The van der Waals surface area contributed by atoms with Crippen LogP contribution in [0.25, 0.3) is 0 Å². The molecule has 0 amide bonds. The van der Waals surface area contributed by atoms with Gasteiger partial charge >= 0.3 is 0 Å². The molecule has 3 unspecified atom stereocenters. The van der Waals surface area contributed by atoms with Gasteiger partial charge in [-0.1, -0.05) is 20.8 Å². The minimum absolute atomic E-state index is 0.133. The predicted molar refractivity (Wildman–Crippen MR) is 85.9 cm³/mol. The molecule has 1 aromatic heterocycles. The van der Waals surface area contributed by atoms with Gasteiger partial charge in [0.25, 0.3) is 0 Å². The number of thiazole rings is 1. The first kappa shape index (κ1) is 14.2. The topological polar surface area (TPSA) is 34.1 Å². The molecule has 1 aromatic rings. The Hall–Kier alpha value is -0.450. The molecule has 1 aliphatic carbocycles. The molecule has 4 rings (SSSR count). The Morgan fingerprint density at radius 2 is 2.05 bits per heavy atom. The summed E-state index contributed by atoms with van der Waals surface area (Å²) in [6.45, 7) is 7.84. The van der Waals surface area contributed by atoms with Gasteiger partial charge in [-0.25, -0.2) is 4.98 Å². The quantitative estimate of drug-likeness (QED) is 0.920. The van der Waals surface area contributed by atoms with Crippen molar-refractivity contribution < 1.29 is 4.74 Å². The summed E-state index contributed by atoms with van der Waals surface area (Å²) in [4.78, 5) is 6.53. The molecule has 0 aromatic carbocycles. The number of hydrogen-bond donors (Lipinski definition) is 1. The fourth-order valence-electron chi connectivity index (χ4n) is 3.66. The van der Waals surface area contributed by atoms with Crippen LogP contribution < -0.4 is 5.32 Å². The van der Waals surface area contributed by atoms with E-state index in [1.165, 1.54) is 47.7 Å². The smallest absolute Gasteiger partial charge is 0.0989 e. The van der Waals surface area contributed by atoms with Gasteiger partial charge in [0.1, 0.15) is 0 Å². The van der Waals surface area contributed by atoms with E-state index in [1.54, 1.807) is 0 Å². The van der Waals surface area contributed by atoms with E-state index in [2.05, 4.69) is 26.1 Å². The van der Waals surface area contributed by atoms with E-state index in [4.69, 9.17) is 9.72 Å². The largest absolute Gasteiger partial charge is 0.374 e. The van der Waals surface area contributed by atoms with Crippen LogP contribution in [0.5, 0.6) is 0 Å². The normalized spacial score (nSPS) is 32.0. The van der Waals surface area contributed by atoms with Crippen molar-refractivity contribution in [3.8, 4) is 0 Å². The summed E-state index contributed by atoms with van der Waals surface area (Å²) in [5.41, 5.74) is 1.44. The van der Waals surface area contributed by atoms with Gasteiger partial charge < -0.3 is 10.1 Å². The molecule has 3 fully saturated rings. The molecule has 2 bridgehead atoms. The molecule has 0 radical (unpaired) electrons. The summed E-state index contributed by atoms with van der Waals surface area (Å²) in [5, 5.41) is 5.00. The summed E-state index contributed by atoms with van der Waals surface area (Å²) in [7, 11) is 0. The van der Waals surface area contributed by atoms with Crippen LogP contribution in [0, 0.1) is 0 Å². The Bertz CT molecular complexity index is 529. The molecule has 116 valence electrons. The van der Waals surface area contributed by atoms with Crippen LogP contribution in [0.2, 0.25) is 0 Å². The maximum Gasteiger partial charge on any atom is 0.0989 e. The summed E-state index contributed by atoms with van der Waals surface area (Å²) in [6.07, 6.45) is 7.32. The molecule has 1 saturated carbocycles. The molecular weight excluding hydrogens is 280 g/mol. The Kier molecular flexibility index (Phi) is 3.40. The first-order valence-corrected chi connectivity index (χ1v) is 9.21. The number of nitrogens with zero attached hydrogens (tertiary/aromatic N) is 1. The van der Waals surface area contributed by atoms with Crippen molar-refractivity contribution in [2.45, 2.75) is 89.0 Å². The molecule has 3 nitrogen and oxygen atoms in total. The Balaban J connectivity index is 1.59. The summed E-state index contributed by atoms with van der Waals surface area (Å²) >= 11 is 1.94. The number of hydrogen-bond acceptors (Lipinski definition) is 4. The zero-order valence-electron chi connectivity index (χ0n) is 13.3. The van der Waals surface area contributed by atoms with E-state index in [0.29, 0.717) is 18.1 Å². The first-order chi connectivity index (χ1) is 10.0. The molecule has 0 spiro atoms. The van der Waals surface area contributed by atoms with Crippen LogP contribution in [-0.4, -0.2) is 23.2 Å². The van der Waals surface area contributed by atoms with E-state index in [0.717, 1.165) is 12.6 Å². The second-order valence-electron chi connectivity index (χ2n) is 7.95. The highest BCUT2D eigenvalue weighted by Gasteiger charge is 2.43. The fraction of sp³-hybridized carbons (Fsp3) is 0.824. The van der Waals surface area contributed by atoms with Crippen LogP contribution in [0.1, 0.15) is 74.4 Å². The van der Waals surface area contributed by atoms with Gasteiger partial charge in [-0.2, -0.15) is 0 Å². The van der Waals surface area contributed by atoms with Crippen LogP contribution in [0.15, 0.2) is 0 Å². The van der Waals surface area contributed by atoms with Crippen molar-refractivity contribution in [2.75, 3.05) is 0 Å². The molecule has 3 heterocycles. The van der Waals surface area contributed by atoms with Crippen LogP contribution >= 0.6 is 11.3 Å². The summed E-state index contributed by atoms with van der Waals surface area (Å²) < 4.78 is 6.03. The average molecular weight is 306 g/mol. The van der Waals surface area contributed by atoms with Gasteiger partial charge in [-0.15, -0.1) is 11.3 Å². The van der Waals surface area contributed by atoms with Crippen molar-refractivity contribution in [1.82, 2.24) is 10.3 Å². The number of fused-ring (bicyclic) bond motifs is 2. The lowest BCUT2D eigenvalue weighted by molar-refractivity contribution is 0.100. The number of ether oxygens (including phenoxy) is 1. The van der Waals surface area contributed by atoms with Crippen molar-refractivity contribution in [3.05, 3.63) is 15.6 Å². The zero-order valence-corrected chi connectivity index (χ0v) is 14.1. The van der Waals surface area contributed by atoms with Gasteiger partial charge in [-0.05, 0) is 32.1 Å². The monoisotopic (exact) mass is 306 g/mol. The number of nitrogens with one attached hydrogen (secondary N) is 1. The van der Waals surface area contributed by atoms with Crippen LogP contribution in [0.3, 0.4) is 0 Å². The predicted octanol–water partition coefficient (Wildman–Crippen LogP) is 3.73. The number of aromatic nitrogens is 1. The lowest BCUT2D eigenvalue weighted by atomic mass is 9.89. The highest BCUT2D eigenvalue weighted by molar-refractivity contribution is 7.11. The van der Waals surface area contributed by atoms with Crippen molar-refractivity contribution in [2.24, 2.45) is 0 Å². The molecule has 21 heavy (non-hydrogen) atoms. The molecule has 3 aliphatic rings. The van der Waals surface area contributed by atoms with Crippen molar-refractivity contribution in [1.29, 1.82) is 0 Å². The minimum atomic E-state index is 0.133. The first-order valence-electron chi connectivity index (χ1n) is 8.39. The van der Waals surface area contributed by atoms with E-state index in [1.807, 2.05) is 11.3 Å². The van der Waals surface area contributed by atoms with Crippen LogP contribution in [-0.2, 0) is 16.7 Å². The van der Waals surface area contributed by atoms with E-state index >= 15 is 0 Å². The van der Waals surface area contributed by atoms with Crippen molar-refractivity contribution >= 4 is 11.3 Å². The maximum absolute atomic E-state index is 6.03. The lowest BCUT2D eigenvalue weighted by Gasteiger charge is -2.18. The standard InChI is InChI=1S/C17H26N2OS/c1-17(2,3)15-14(9-18-10-4-5-10)21-16(19-15)12-8-11-6-7-13(12)20-11/h10-13,18H,4-9H2,1-3H3. The molecule has 4 heteroatoms. The highest BCUT2D eigenvalue weighted by atomic mass is 32.1. The molecule has 2 aliphatic heterocycles. The third-order valence-corrected chi connectivity index (χ3v) is 6.16. The fourth-order valence-corrected chi connectivity index (χ4v) is 5.05. The Labute approximate surface area is 131 Å². The van der Waals surface area contributed by atoms with E-state index in [9.17, 15) is 0 Å². The maximum atomic E-state index is 6.03. The molecule has 2 saturated heterocycles. The lowest BCUT2D eigenvalue weighted by Crippen LogP contribution is -2.20.